The molecule has 5 nitrogen and oxygen atoms in total. The maximum Gasteiger partial charge on any atom is 0.243 e. The number of ether oxygens (including phenoxy) is 2. The molecule has 26 heavy (non-hydrogen) atoms. The zero-order valence-corrected chi connectivity index (χ0v) is 15.3. The van der Waals surface area contributed by atoms with Gasteiger partial charge in [-0.1, -0.05) is 32.6 Å². The van der Waals surface area contributed by atoms with E-state index in [2.05, 4.69) is 31.1 Å². The maximum absolute atomic E-state index is 12.1. The highest BCUT2D eigenvalue weighted by Crippen LogP contribution is 2.18. The SMILES string of the molecule is C=CCOc1cccc(NCC(=O)Nc2ccc(OCC(C)C)cc2)c1. The molecule has 2 N–H and O–H groups in total. The summed E-state index contributed by atoms with van der Waals surface area (Å²) in [5, 5.41) is 5.93. The fraction of sp³-hybridized carbons (Fsp3) is 0.286. The lowest BCUT2D eigenvalue weighted by Crippen LogP contribution is -2.21. The molecule has 0 saturated carbocycles. The smallest absolute Gasteiger partial charge is 0.243 e. The zero-order valence-electron chi connectivity index (χ0n) is 15.3. The monoisotopic (exact) mass is 354 g/mol. The van der Waals surface area contributed by atoms with Gasteiger partial charge in [0.05, 0.1) is 13.2 Å². The molecule has 0 radical (unpaired) electrons. The van der Waals surface area contributed by atoms with Gasteiger partial charge in [-0.25, -0.2) is 0 Å². The molecule has 0 saturated heterocycles. The largest absolute Gasteiger partial charge is 0.493 e. The van der Waals surface area contributed by atoms with Gasteiger partial charge in [-0.05, 0) is 42.3 Å². The van der Waals surface area contributed by atoms with Gasteiger partial charge < -0.3 is 20.1 Å². The average molecular weight is 354 g/mol. The van der Waals surface area contributed by atoms with Crippen molar-refractivity contribution < 1.29 is 14.3 Å². The maximum atomic E-state index is 12.1. The van der Waals surface area contributed by atoms with Crippen LogP contribution >= 0.6 is 0 Å². The van der Waals surface area contributed by atoms with Crippen LogP contribution in [0.5, 0.6) is 11.5 Å². The quantitative estimate of drug-likeness (QED) is 0.623. The lowest BCUT2D eigenvalue weighted by molar-refractivity contribution is -0.114. The van der Waals surface area contributed by atoms with Crippen molar-refractivity contribution in [1.29, 1.82) is 0 Å². The van der Waals surface area contributed by atoms with E-state index in [0.29, 0.717) is 19.1 Å². The molecular formula is C21H26N2O3. The average Bonchev–Trinajstić information content (AvgIpc) is 2.64. The van der Waals surface area contributed by atoms with Crippen LogP contribution in [0.1, 0.15) is 13.8 Å². The molecule has 5 heteroatoms. The molecular weight excluding hydrogens is 328 g/mol. The highest BCUT2D eigenvalue weighted by molar-refractivity contribution is 5.93. The Balaban J connectivity index is 1.80. The van der Waals surface area contributed by atoms with E-state index in [-0.39, 0.29) is 12.5 Å². The summed E-state index contributed by atoms with van der Waals surface area (Å²) in [4.78, 5) is 12.1. The van der Waals surface area contributed by atoms with Crippen molar-refractivity contribution in [3.63, 3.8) is 0 Å². The molecule has 0 aliphatic rings. The van der Waals surface area contributed by atoms with Gasteiger partial charge in [0, 0.05) is 17.4 Å². The fourth-order valence-corrected chi connectivity index (χ4v) is 2.14. The Kier molecular flexibility index (Phi) is 7.55. The fourth-order valence-electron chi connectivity index (χ4n) is 2.14. The Morgan fingerprint density at radius 3 is 2.54 bits per heavy atom. The van der Waals surface area contributed by atoms with Crippen molar-refractivity contribution in [2.75, 3.05) is 30.4 Å². The molecule has 2 aromatic carbocycles. The number of carbonyl (C=O) groups is 1. The highest BCUT2D eigenvalue weighted by atomic mass is 16.5. The Morgan fingerprint density at radius 1 is 1.08 bits per heavy atom. The summed E-state index contributed by atoms with van der Waals surface area (Å²) >= 11 is 0. The predicted octanol–water partition coefficient (Wildman–Crippen LogP) is 4.34. The van der Waals surface area contributed by atoms with Gasteiger partial charge in [0.25, 0.3) is 0 Å². The molecule has 138 valence electrons. The van der Waals surface area contributed by atoms with E-state index in [0.717, 1.165) is 22.9 Å². The van der Waals surface area contributed by atoms with Gasteiger partial charge in [0.15, 0.2) is 0 Å². The van der Waals surface area contributed by atoms with Gasteiger partial charge in [0.1, 0.15) is 18.1 Å². The van der Waals surface area contributed by atoms with E-state index in [4.69, 9.17) is 9.47 Å². The summed E-state index contributed by atoms with van der Waals surface area (Å²) in [6.45, 7) is 9.10. The van der Waals surface area contributed by atoms with Crippen LogP contribution in [0, 0.1) is 5.92 Å². The highest BCUT2D eigenvalue weighted by Gasteiger charge is 2.04. The van der Waals surface area contributed by atoms with Gasteiger partial charge in [0.2, 0.25) is 5.91 Å². The summed E-state index contributed by atoms with van der Waals surface area (Å²) in [6, 6.07) is 14.8. The molecule has 0 bridgehead atoms. The van der Waals surface area contributed by atoms with Crippen molar-refractivity contribution >= 4 is 17.3 Å². The van der Waals surface area contributed by atoms with Gasteiger partial charge in [-0.15, -0.1) is 0 Å². The number of hydrogen-bond acceptors (Lipinski definition) is 4. The molecule has 2 aromatic rings. The van der Waals surface area contributed by atoms with Crippen LogP contribution in [-0.4, -0.2) is 25.7 Å². The number of nitrogens with one attached hydrogen (secondary N) is 2. The van der Waals surface area contributed by atoms with Gasteiger partial charge in [-0.3, -0.25) is 4.79 Å². The van der Waals surface area contributed by atoms with Gasteiger partial charge >= 0.3 is 0 Å². The minimum atomic E-state index is -0.127. The van der Waals surface area contributed by atoms with E-state index in [1.54, 1.807) is 6.08 Å². The summed E-state index contributed by atoms with van der Waals surface area (Å²) in [6.07, 6.45) is 1.69. The van der Waals surface area contributed by atoms with Crippen molar-refractivity contribution in [2.45, 2.75) is 13.8 Å². The Labute approximate surface area is 155 Å². The molecule has 1 amide bonds. The minimum absolute atomic E-state index is 0.127. The molecule has 0 spiro atoms. The zero-order chi connectivity index (χ0) is 18.8. The second-order valence-corrected chi connectivity index (χ2v) is 6.26. The first-order valence-electron chi connectivity index (χ1n) is 8.67. The lowest BCUT2D eigenvalue weighted by atomic mass is 10.2. The third kappa shape index (κ3) is 6.89. The molecule has 0 aliphatic carbocycles. The molecule has 0 aliphatic heterocycles. The van der Waals surface area contributed by atoms with Crippen LogP contribution in [0.3, 0.4) is 0 Å². The molecule has 0 fully saturated rings. The van der Waals surface area contributed by atoms with E-state index < -0.39 is 0 Å². The Morgan fingerprint density at radius 2 is 1.85 bits per heavy atom. The first-order chi connectivity index (χ1) is 12.6. The van der Waals surface area contributed by atoms with Crippen LogP contribution < -0.4 is 20.1 Å². The van der Waals surface area contributed by atoms with Crippen molar-refractivity contribution in [2.24, 2.45) is 5.92 Å². The van der Waals surface area contributed by atoms with Crippen LogP contribution in [-0.2, 0) is 4.79 Å². The molecule has 0 heterocycles. The van der Waals surface area contributed by atoms with Crippen LogP contribution in [0.25, 0.3) is 0 Å². The summed E-state index contributed by atoms with van der Waals surface area (Å²) < 4.78 is 11.1. The van der Waals surface area contributed by atoms with Crippen LogP contribution in [0.4, 0.5) is 11.4 Å². The summed E-state index contributed by atoms with van der Waals surface area (Å²) in [7, 11) is 0. The summed E-state index contributed by atoms with van der Waals surface area (Å²) in [5.74, 6) is 1.87. The molecule has 0 aromatic heterocycles. The number of benzene rings is 2. The topological polar surface area (TPSA) is 59.6 Å². The lowest BCUT2D eigenvalue weighted by Gasteiger charge is -2.11. The standard InChI is InChI=1S/C21H26N2O3/c1-4-12-25-20-7-5-6-18(13-20)22-14-21(24)23-17-8-10-19(11-9-17)26-15-16(2)3/h4-11,13,16,22H,1,12,14-15H2,2-3H3,(H,23,24). The van der Waals surface area contributed by atoms with E-state index in [1.807, 2.05) is 48.5 Å². The van der Waals surface area contributed by atoms with Crippen molar-refractivity contribution in [3.8, 4) is 11.5 Å². The molecule has 0 unspecified atom stereocenters. The second kappa shape index (κ2) is 10.1. The number of anilines is 2. The third-order valence-corrected chi connectivity index (χ3v) is 3.38. The third-order valence-electron chi connectivity index (χ3n) is 3.38. The molecule has 2 rings (SSSR count). The van der Waals surface area contributed by atoms with Crippen molar-refractivity contribution in [1.82, 2.24) is 0 Å². The number of amides is 1. The van der Waals surface area contributed by atoms with Crippen LogP contribution in [0.15, 0.2) is 61.2 Å². The first kappa shape index (κ1) is 19.4. The van der Waals surface area contributed by atoms with Crippen LogP contribution in [0.2, 0.25) is 0 Å². The summed E-state index contributed by atoms with van der Waals surface area (Å²) in [5.41, 5.74) is 1.55. The van der Waals surface area contributed by atoms with E-state index in [9.17, 15) is 4.79 Å². The Hall–Kier alpha value is -2.95. The minimum Gasteiger partial charge on any atom is -0.493 e. The van der Waals surface area contributed by atoms with E-state index >= 15 is 0 Å². The number of hydrogen-bond donors (Lipinski definition) is 2. The van der Waals surface area contributed by atoms with Crippen molar-refractivity contribution in [3.05, 3.63) is 61.2 Å². The van der Waals surface area contributed by atoms with E-state index in [1.165, 1.54) is 0 Å². The second-order valence-electron chi connectivity index (χ2n) is 6.26. The molecule has 0 atom stereocenters. The number of rotatable bonds is 10. The predicted molar refractivity (Wildman–Crippen MR) is 106 cm³/mol. The van der Waals surface area contributed by atoms with Gasteiger partial charge in [-0.2, -0.15) is 0 Å². The Bertz CT molecular complexity index is 711. The number of carbonyl (C=O) groups excluding carboxylic acids is 1. The normalized spacial score (nSPS) is 10.3. The first-order valence-corrected chi connectivity index (χ1v) is 8.67.